The molecule has 2 aromatic rings. The van der Waals surface area contributed by atoms with E-state index in [9.17, 15) is 0 Å². The molecular formula is C17H24ClN5. The Hall–Kier alpha value is -1.85. The Morgan fingerprint density at radius 3 is 2.35 bits per heavy atom. The van der Waals surface area contributed by atoms with Gasteiger partial charge in [-0.3, -0.25) is 0 Å². The van der Waals surface area contributed by atoms with Gasteiger partial charge < -0.3 is 15.5 Å². The summed E-state index contributed by atoms with van der Waals surface area (Å²) in [6, 6.07) is 12.1. The van der Waals surface area contributed by atoms with Crippen molar-refractivity contribution >= 4 is 23.4 Å². The van der Waals surface area contributed by atoms with E-state index in [4.69, 9.17) is 17.3 Å². The van der Waals surface area contributed by atoms with Crippen LogP contribution in [0.5, 0.6) is 0 Å². The molecular weight excluding hydrogens is 310 g/mol. The maximum atomic E-state index is 6.05. The zero-order chi connectivity index (χ0) is 16.7. The lowest BCUT2D eigenvalue weighted by Crippen LogP contribution is -2.35. The Kier molecular flexibility index (Phi) is 6.62. The summed E-state index contributed by atoms with van der Waals surface area (Å²) in [5.74, 6) is 0.965. The first-order valence-electron chi connectivity index (χ1n) is 7.93. The van der Waals surface area contributed by atoms with Crippen molar-refractivity contribution in [2.75, 3.05) is 36.8 Å². The molecule has 6 heteroatoms. The topological polar surface area (TPSA) is 58.3 Å². The molecule has 0 amide bonds. The summed E-state index contributed by atoms with van der Waals surface area (Å²) in [4.78, 5) is 12.9. The molecule has 124 valence electrons. The number of nitrogens with zero attached hydrogens (tertiary/aromatic N) is 4. The van der Waals surface area contributed by atoms with Crippen LogP contribution in [0.3, 0.4) is 0 Å². The van der Waals surface area contributed by atoms with Crippen LogP contribution in [0.4, 0.5) is 11.8 Å². The van der Waals surface area contributed by atoms with Crippen molar-refractivity contribution < 1.29 is 0 Å². The van der Waals surface area contributed by atoms with Crippen LogP contribution in [-0.2, 0) is 6.54 Å². The molecule has 1 aromatic heterocycles. The highest BCUT2D eigenvalue weighted by atomic mass is 35.5. The van der Waals surface area contributed by atoms with Gasteiger partial charge in [-0.25, -0.2) is 4.98 Å². The summed E-state index contributed by atoms with van der Waals surface area (Å²) in [5, 5.41) is 0.369. The predicted molar refractivity (Wildman–Crippen MR) is 96.7 cm³/mol. The lowest BCUT2D eigenvalue weighted by Gasteiger charge is -2.27. The van der Waals surface area contributed by atoms with Gasteiger partial charge in [0.25, 0.3) is 0 Å². The molecule has 1 aromatic carbocycles. The lowest BCUT2D eigenvalue weighted by molar-refractivity contribution is 0.309. The molecule has 2 rings (SSSR count). The van der Waals surface area contributed by atoms with Crippen LogP contribution in [0.25, 0.3) is 0 Å². The van der Waals surface area contributed by atoms with E-state index in [1.807, 2.05) is 18.2 Å². The third-order valence-electron chi connectivity index (χ3n) is 3.82. The fourth-order valence-electron chi connectivity index (χ4n) is 2.47. The quantitative estimate of drug-likeness (QED) is 0.752. The van der Waals surface area contributed by atoms with Crippen LogP contribution in [0.15, 0.2) is 36.4 Å². The fraction of sp³-hybridized carbons (Fsp3) is 0.412. The second-order valence-corrected chi connectivity index (χ2v) is 5.73. The molecule has 0 fully saturated rings. The van der Waals surface area contributed by atoms with Crippen molar-refractivity contribution in [1.29, 1.82) is 0 Å². The van der Waals surface area contributed by atoms with Crippen LogP contribution in [-0.4, -0.2) is 41.0 Å². The SMILES string of the molecule is CCN(CC)CCN(Cc1ccccc1)c1cc(Cl)nc(N)n1. The van der Waals surface area contributed by atoms with E-state index < -0.39 is 0 Å². The lowest BCUT2D eigenvalue weighted by atomic mass is 10.2. The third-order valence-corrected chi connectivity index (χ3v) is 4.01. The molecule has 0 saturated heterocycles. The van der Waals surface area contributed by atoms with Gasteiger partial charge in [-0.15, -0.1) is 0 Å². The average Bonchev–Trinajstić information content (AvgIpc) is 2.54. The van der Waals surface area contributed by atoms with E-state index in [0.717, 1.165) is 38.5 Å². The average molecular weight is 334 g/mol. The third kappa shape index (κ3) is 5.37. The monoisotopic (exact) mass is 333 g/mol. The Morgan fingerprint density at radius 1 is 1.04 bits per heavy atom. The highest BCUT2D eigenvalue weighted by Gasteiger charge is 2.12. The van der Waals surface area contributed by atoms with Gasteiger partial charge in [-0.2, -0.15) is 4.98 Å². The second-order valence-electron chi connectivity index (χ2n) is 5.34. The van der Waals surface area contributed by atoms with E-state index in [1.165, 1.54) is 5.56 Å². The second kappa shape index (κ2) is 8.70. The largest absolute Gasteiger partial charge is 0.368 e. The first kappa shape index (κ1) is 17.5. The summed E-state index contributed by atoms with van der Waals surface area (Å²) in [7, 11) is 0. The molecule has 0 aliphatic carbocycles. The number of likely N-dealkylation sites (N-methyl/N-ethyl adjacent to an activating group) is 1. The smallest absolute Gasteiger partial charge is 0.223 e. The van der Waals surface area contributed by atoms with Crippen LogP contribution < -0.4 is 10.6 Å². The van der Waals surface area contributed by atoms with E-state index in [-0.39, 0.29) is 5.95 Å². The van der Waals surface area contributed by atoms with Crippen molar-refractivity contribution in [2.24, 2.45) is 0 Å². The summed E-state index contributed by atoms with van der Waals surface area (Å²) in [5.41, 5.74) is 6.98. The van der Waals surface area contributed by atoms with E-state index >= 15 is 0 Å². The Morgan fingerprint density at radius 2 is 1.74 bits per heavy atom. The molecule has 0 unspecified atom stereocenters. The number of hydrogen-bond acceptors (Lipinski definition) is 5. The molecule has 0 atom stereocenters. The minimum Gasteiger partial charge on any atom is -0.368 e. The van der Waals surface area contributed by atoms with Crippen molar-refractivity contribution in [3.05, 3.63) is 47.1 Å². The van der Waals surface area contributed by atoms with E-state index in [0.29, 0.717) is 5.15 Å². The Balaban J connectivity index is 2.19. The van der Waals surface area contributed by atoms with Crippen molar-refractivity contribution in [3.8, 4) is 0 Å². The number of halogens is 1. The number of nitrogens with two attached hydrogens (primary N) is 1. The zero-order valence-corrected chi connectivity index (χ0v) is 14.5. The van der Waals surface area contributed by atoms with Gasteiger partial charge in [-0.1, -0.05) is 55.8 Å². The van der Waals surface area contributed by atoms with Crippen LogP contribution >= 0.6 is 11.6 Å². The molecule has 5 nitrogen and oxygen atoms in total. The molecule has 2 N–H and O–H groups in total. The zero-order valence-electron chi connectivity index (χ0n) is 13.7. The van der Waals surface area contributed by atoms with Crippen LogP contribution in [0.2, 0.25) is 5.15 Å². The minimum absolute atomic E-state index is 0.202. The summed E-state index contributed by atoms with van der Waals surface area (Å²) < 4.78 is 0. The molecule has 0 radical (unpaired) electrons. The first-order valence-corrected chi connectivity index (χ1v) is 8.31. The van der Waals surface area contributed by atoms with Gasteiger partial charge in [-0.05, 0) is 18.7 Å². The maximum Gasteiger partial charge on any atom is 0.223 e. The van der Waals surface area contributed by atoms with Crippen molar-refractivity contribution in [2.45, 2.75) is 20.4 Å². The molecule has 23 heavy (non-hydrogen) atoms. The van der Waals surface area contributed by atoms with Crippen molar-refractivity contribution in [1.82, 2.24) is 14.9 Å². The van der Waals surface area contributed by atoms with Gasteiger partial charge >= 0.3 is 0 Å². The molecule has 0 aliphatic heterocycles. The molecule has 0 aliphatic rings. The minimum atomic E-state index is 0.202. The normalized spacial score (nSPS) is 11.0. The van der Waals surface area contributed by atoms with Gasteiger partial charge in [0.2, 0.25) is 5.95 Å². The summed E-state index contributed by atoms with van der Waals surface area (Å²) in [6.45, 7) is 8.97. The van der Waals surface area contributed by atoms with Crippen LogP contribution in [0, 0.1) is 0 Å². The van der Waals surface area contributed by atoms with Crippen LogP contribution in [0.1, 0.15) is 19.4 Å². The van der Waals surface area contributed by atoms with Gasteiger partial charge in [0, 0.05) is 25.7 Å². The standard InChI is InChI=1S/C17H24ClN5/c1-3-22(4-2)10-11-23(13-14-8-6-5-7-9-14)16-12-15(18)20-17(19)21-16/h5-9,12H,3-4,10-11,13H2,1-2H3,(H2,19,20,21). The molecule has 0 spiro atoms. The number of nitrogen functional groups attached to an aromatic ring is 1. The van der Waals surface area contributed by atoms with E-state index in [1.54, 1.807) is 6.07 Å². The van der Waals surface area contributed by atoms with Crippen molar-refractivity contribution in [3.63, 3.8) is 0 Å². The Bertz CT molecular complexity index is 581. The molecule has 0 saturated carbocycles. The fourth-order valence-corrected chi connectivity index (χ4v) is 2.65. The summed E-state index contributed by atoms with van der Waals surface area (Å²) >= 11 is 6.05. The molecule has 0 bridgehead atoms. The predicted octanol–water partition coefficient (Wildman–Crippen LogP) is 3.06. The summed E-state index contributed by atoms with van der Waals surface area (Å²) in [6.07, 6.45) is 0. The number of rotatable bonds is 8. The number of aromatic nitrogens is 2. The highest BCUT2D eigenvalue weighted by Crippen LogP contribution is 2.19. The van der Waals surface area contributed by atoms with E-state index in [2.05, 4.69) is 45.7 Å². The molecule has 1 heterocycles. The Labute approximate surface area is 143 Å². The first-order chi connectivity index (χ1) is 11.1. The highest BCUT2D eigenvalue weighted by molar-refractivity contribution is 6.29. The number of hydrogen-bond donors (Lipinski definition) is 1. The number of anilines is 2. The number of benzene rings is 1. The van der Waals surface area contributed by atoms with Gasteiger partial charge in [0.15, 0.2) is 0 Å². The van der Waals surface area contributed by atoms with Gasteiger partial charge in [0.1, 0.15) is 11.0 Å². The van der Waals surface area contributed by atoms with Gasteiger partial charge in [0.05, 0.1) is 0 Å². The maximum absolute atomic E-state index is 6.05.